The van der Waals surface area contributed by atoms with Gasteiger partial charge in [0, 0.05) is 35.9 Å². The molecule has 1 aliphatic rings. The molecular formula is C14H25N3S. The van der Waals surface area contributed by atoms with E-state index in [0.29, 0.717) is 6.04 Å². The third kappa shape index (κ3) is 4.02. The molecular weight excluding hydrogens is 242 g/mol. The van der Waals surface area contributed by atoms with Crippen LogP contribution in [0.25, 0.3) is 0 Å². The van der Waals surface area contributed by atoms with E-state index in [2.05, 4.69) is 35.3 Å². The molecule has 1 heterocycles. The lowest BCUT2D eigenvalue weighted by Gasteiger charge is -2.19. The van der Waals surface area contributed by atoms with Crippen LogP contribution in [0.5, 0.6) is 0 Å². The maximum atomic E-state index is 4.29. The number of thioether (sulfide) groups is 1. The summed E-state index contributed by atoms with van der Waals surface area (Å²) >= 11 is 2.15. The number of nitrogens with zero attached hydrogens (tertiary/aromatic N) is 2. The lowest BCUT2D eigenvalue weighted by molar-refractivity contribution is 0.576. The fraction of sp³-hybridized carbons (Fsp3) is 0.786. The summed E-state index contributed by atoms with van der Waals surface area (Å²) in [6.45, 7) is 3.31. The molecule has 1 aliphatic carbocycles. The van der Waals surface area contributed by atoms with E-state index in [4.69, 9.17) is 0 Å². The first-order valence-electron chi connectivity index (χ1n) is 7.13. The van der Waals surface area contributed by atoms with E-state index >= 15 is 0 Å². The molecule has 18 heavy (non-hydrogen) atoms. The molecule has 0 bridgehead atoms. The Morgan fingerprint density at radius 2 is 2.28 bits per heavy atom. The highest BCUT2D eigenvalue weighted by Crippen LogP contribution is 2.31. The van der Waals surface area contributed by atoms with Crippen molar-refractivity contribution in [1.82, 2.24) is 15.1 Å². The molecule has 0 radical (unpaired) electrons. The van der Waals surface area contributed by atoms with Gasteiger partial charge in [-0.3, -0.25) is 4.68 Å². The third-order valence-corrected chi connectivity index (χ3v) is 5.04. The quantitative estimate of drug-likeness (QED) is 0.823. The van der Waals surface area contributed by atoms with E-state index < -0.39 is 0 Å². The Labute approximate surface area is 115 Å². The van der Waals surface area contributed by atoms with Crippen molar-refractivity contribution in [1.29, 1.82) is 0 Å². The summed E-state index contributed by atoms with van der Waals surface area (Å²) < 4.78 is 1.90. The van der Waals surface area contributed by atoms with Gasteiger partial charge in [-0.25, -0.2) is 0 Å². The molecule has 0 amide bonds. The van der Waals surface area contributed by atoms with Gasteiger partial charge in [0.1, 0.15) is 0 Å². The summed E-state index contributed by atoms with van der Waals surface area (Å²) in [7, 11) is 1.99. The number of aryl methyl sites for hydroxylation is 1. The third-order valence-electron chi connectivity index (χ3n) is 3.57. The summed E-state index contributed by atoms with van der Waals surface area (Å²) in [4.78, 5) is 0. The Bertz CT molecular complexity index is 345. The first kappa shape index (κ1) is 13.9. The van der Waals surface area contributed by atoms with Gasteiger partial charge in [0.25, 0.3) is 0 Å². The zero-order chi connectivity index (χ0) is 12.8. The van der Waals surface area contributed by atoms with Crippen molar-refractivity contribution in [2.45, 2.75) is 50.3 Å². The van der Waals surface area contributed by atoms with Crippen LogP contribution in [0.1, 0.15) is 50.6 Å². The standard InChI is InChI=1S/C14H25N3S/c1-3-8-15-14(12-9-16-17(2)10-12)11-18-13-6-4-5-7-13/h9-10,13-15H,3-8,11H2,1-2H3. The molecule has 102 valence electrons. The Morgan fingerprint density at radius 1 is 1.50 bits per heavy atom. The molecule has 0 aromatic carbocycles. The second-order valence-corrected chi connectivity index (χ2v) is 6.53. The molecule has 1 aromatic heterocycles. The van der Waals surface area contributed by atoms with Gasteiger partial charge in [0.15, 0.2) is 0 Å². The molecule has 1 fully saturated rings. The van der Waals surface area contributed by atoms with Crippen LogP contribution in [0.3, 0.4) is 0 Å². The predicted octanol–water partition coefficient (Wildman–Crippen LogP) is 3.14. The largest absolute Gasteiger partial charge is 0.309 e. The SMILES string of the molecule is CCCNC(CSC1CCCC1)c1cnn(C)c1. The highest BCUT2D eigenvalue weighted by Gasteiger charge is 2.19. The van der Waals surface area contributed by atoms with Gasteiger partial charge < -0.3 is 5.32 Å². The first-order chi connectivity index (χ1) is 8.79. The molecule has 3 nitrogen and oxygen atoms in total. The van der Waals surface area contributed by atoms with Crippen molar-refractivity contribution in [2.75, 3.05) is 12.3 Å². The summed E-state index contributed by atoms with van der Waals surface area (Å²) in [5.41, 5.74) is 1.33. The van der Waals surface area contributed by atoms with Gasteiger partial charge in [-0.1, -0.05) is 19.8 Å². The number of hydrogen-bond acceptors (Lipinski definition) is 3. The van der Waals surface area contributed by atoms with Crippen molar-refractivity contribution in [3.63, 3.8) is 0 Å². The van der Waals surface area contributed by atoms with Gasteiger partial charge in [0.05, 0.1) is 6.20 Å². The van der Waals surface area contributed by atoms with Crippen LogP contribution < -0.4 is 5.32 Å². The van der Waals surface area contributed by atoms with Crippen LogP contribution in [-0.2, 0) is 7.05 Å². The fourth-order valence-corrected chi connectivity index (χ4v) is 3.94. The van der Waals surface area contributed by atoms with Crippen LogP contribution in [-0.4, -0.2) is 27.3 Å². The molecule has 2 rings (SSSR count). The van der Waals surface area contributed by atoms with Gasteiger partial charge >= 0.3 is 0 Å². The van der Waals surface area contributed by atoms with Crippen molar-refractivity contribution in [3.8, 4) is 0 Å². The maximum absolute atomic E-state index is 4.29. The van der Waals surface area contributed by atoms with E-state index in [1.807, 2.05) is 17.9 Å². The zero-order valence-corrected chi connectivity index (χ0v) is 12.4. The second-order valence-electron chi connectivity index (χ2n) is 5.19. The van der Waals surface area contributed by atoms with Crippen molar-refractivity contribution in [3.05, 3.63) is 18.0 Å². The van der Waals surface area contributed by atoms with E-state index in [-0.39, 0.29) is 0 Å². The highest BCUT2D eigenvalue weighted by molar-refractivity contribution is 7.99. The van der Waals surface area contributed by atoms with E-state index in [9.17, 15) is 0 Å². The average molecular weight is 267 g/mol. The van der Waals surface area contributed by atoms with Crippen molar-refractivity contribution < 1.29 is 0 Å². The number of hydrogen-bond donors (Lipinski definition) is 1. The molecule has 0 spiro atoms. The Morgan fingerprint density at radius 3 is 2.89 bits per heavy atom. The molecule has 1 aromatic rings. The lowest BCUT2D eigenvalue weighted by atomic mass is 10.2. The number of aromatic nitrogens is 2. The lowest BCUT2D eigenvalue weighted by Crippen LogP contribution is -2.24. The summed E-state index contributed by atoms with van der Waals surface area (Å²) in [6.07, 6.45) is 11.0. The van der Waals surface area contributed by atoms with Crippen LogP contribution in [0.15, 0.2) is 12.4 Å². The molecule has 1 N–H and O–H groups in total. The Balaban J connectivity index is 1.87. The summed E-state index contributed by atoms with van der Waals surface area (Å²) in [5, 5.41) is 8.84. The number of rotatable bonds is 7. The van der Waals surface area contributed by atoms with Crippen molar-refractivity contribution >= 4 is 11.8 Å². The van der Waals surface area contributed by atoms with Gasteiger partial charge in [-0.05, 0) is 25.8 Å². The topological polar surface area (TPSA) is 29.9 Å². The highest BCUT2D eigenvalue weighted by atomic mass is 32.2. The minimum Gasteiger partial charge on any atom is -0.309 e. The smallest absolute Gasteiger partial charge is 0.0537 e. The Hall–Kier alpha value is -0.480. The zero-order valence-electron chi connectivity index (χ0n) is 11.6. The van der Waals surface area contributed by atoms with Gasteiger partial charge in [-0.15, -0.1) is 0 Å². The fourth-order valence-electron chi connectivity index (χ4n) is 2.50. The second kappa shape index (κ2) is 7.19. The van der Waals surface area contributed by atoms with Crippen LogP contribution in [0.4, 0.5) is 0 Å². The number of nitrogens with one attached hydrogen (secondary N) is 1. The van der Waals surface area contributed by atoms with E-state index in [1.165, 1.54) is 43.4 Å². The average Bonchev–Trinajstić information content (AvgIpc) is 3.01. The minimum atomic E-state index is 0.462. The molecule has 0 saturated heterocycles. The predicted molar refractivity (Wildman–Crippen MR) is 79.0 cm³/mol. The van der Waals surface area contributed by atoms with E-state index in [1.54, 1.807) is 0 Å². The monoisotopic (exact) mass is 267 g/mol. The van der Waals surface area contributed by atoms with Gasteiger partial charge in [-0.2, -0.15) is 16.9 Å². The first-order valence-corrected chi connectivity index (χ1v) is 8.18. The molecule has 1 atom stereocenters. The minimum absolute atomic E-state index is 0.462. The van der Waals surface area contributed by atoms with Crippen LogP contribution >= 0.6 is 11.8 Å². The summed E-state index contributed by atoms with van der Waals surface area (Å²) in [6, 6.07) is 0.462. The molecule has 1 saturated carbocycles. The normalized spacial score (nSPS) is 18.3. The van der Waals surface area contributed by atoms with Crippen molar-refractivity contribution in [2.24, 2.45) is 7.05 Å². The summed E-state index contributed by atoms with van der Waals surface area (Å²) in [5.74, 6) is 1.18. The Kier molecular flexibility index (Phi) is 5.57. The van der Waals surface area contributed by atoms with Gasteiger partial charge in [0.2, 0.25) is 0 Å². The van der Waals surface area contributed by atoms with Crippen LogP contribution in [0.2, 0.25) is 0 Å². The molecule has 4 heteroatoms. The van der Waals surface area contributed by atoms with Crippen LogP contribution in [0, 0.1) is 0 Å². The maximum Gasteiger partial charge on any atom is 0.0537 e. The molecule has 1 unspecified atom stereocenters. The molecule has 0 aliphatic heterocycles. The van der Waals surface area contributed by atoms with E-state index in [0.717, 1.165) is 11.8 Å².